The summed E-state index contributed by atoms with van der Waals surface area (Å²) >= 11 is 1.32. The van der Waals surface area contributed by atoms with E-state index in [1.54, 1.807) is 29.6 Å². The molecule has 0 bridgehead atoms. The minimum Gasteiger partial charge on any atom is -0.266 e. The average molecular weight is 275 g/mol. The van der Waals surface area contributed by atoms with Gasteiger partial charge in [-0.15, -0.1) is 11.3 Å². The van der Waals surface area contributed by atoms with E-state index in [1.165, 1.54) is 29.7 Å². The van der Waals surface area contributed by atoms with Crippen LogP contribution in [0, 0.1) is 10.1 Å². The zero-order valence-electron chi connectivity index (χ0n) is 9.65. The van der Waals surface area contributed by atoms with Gasteiger partial charge in [-0.3, -0.25) is 14.9 Å². The quantitative estimate of drug-likeness (QED) is 0.528. The van der Waals surface area contributed by atoms with Gasteiger partial charge in [0, 0.05) is 12.1 Å². The van der Waals surface area contributed by atoms with E-state index in [9.17, 15) is 14.9 Å². The van der Waals surface area contributed by atoms with E-state index < -0.39 is 4.92 Å². The summed E-state index contributed by atoms with van der Waals surface area (Å²) in [7, 11) is 0. The maximum atomic E-state index is 11.5. The Kier molecular flexibility index (Phi) is 3.99. The first kappa shape index (κ1) is 12.9. The molecule has 0 radical (unpaired) electrons. The van der Waals surface area contributed by atoms with Gasteiger partial charge in [0.25, 0.3) is 11.6 Å². The summed E-state index contributed by atoms with van der Waals surface area (Å²) in [6.45, 7) is 0. The summed E-state index contributed by atoms with van der Waals surface area (Å²) in [6.07, 6.45) is 1.43. The molecule has 0 fully saturated rings. The fourth-order valence-corrected chi connectivity index (χ4v) is 1.92. The predicted octanol–water partition coefficient (Wildman–Crippen LogP) is 2.42. The van der Waals surface area contributed by atoms with E-state index in [2.05, 4.69) is 10.5 Å². The average Bonchev–Trinajstić information content (AvgIpc) is 2.93. The van der Waals surface area contributed by atoms with Crippen LogP contribution in [0.5, 0.6) is 0 Å². The van der Waals surface area contributed by atoms with Gasteiger partial charge in [-0.2, -0.15) is 5.10 Å². The summed E-state index contributed by atoms with van der Waals surface area (Å²) < 4.78 is 0. The Hall–Kier alpha value is -2.54. The van der Waals surface area contributed by atoms with Crippen LogP contribution >= 0.6 is 11.3 Å². The Balaban J connectivity index is 1.95. The van der Waals surface area contributed by atoms with Crippen LogP contribution < -0.4 is 5.43 Å². The van der Waals surface area contributed by atoms with Crippen molar-refractivity contribution in [3.63, 3.8) is 0 Å². The van der Waals surface area contributed by atoms with Crippen LogP contribution in [0.15, 0.2) is 46.9 Å². The molecule has 19 heavy (non-hydrogen) atoms. The highest BCUT2D eigenvalue weighted by atomic mass is 32.1. The number of carbonyl (C=O) groups excluding carboxylic acids is 1. The second kappa shape index (κ2) is 5.87. The summed E-state index contributed by atoms with van der Waals surface area (Å²) in [4.78, 5) is 22.1. The second-order valence-corrected chi connectivity index (χ2v) is 4.47. The van der Waals surface area contributed by atoms with E-state index in [4.69, 9.17) is 0 Å². The Labute approximate surface area is 112 Å². The summed E-state index contributed by atoms with van der Waals surface area (Å²) in [6, 6.07) is 9.34. The number of benzene rings is 1. The van der Waals surface area contributed by atoms with Crippen LogP contribution in [0.4, 0.5) is 5.69 Å². The lowest BCUT2D eigenvalue weighted by atomic mass is 10.2. The normalized spacial score (nSPS) is 10.5. The molecule has 0 aliphatic carbocycles. The van der Waals surface area contributed by atoms with Gasteiger partial charge in [0.2, 0.25) is 0 Å². The minimum atomic E-state index is -0.473. The molecule has 2 rings (SSSR count). The third-order valence-corrected chi connectivity index (χ3v) is 3.10. The van der Waals surface area contributed by atoms with Crippen molar-refractivity contribution in [3.05, 3.63) is 62.3 Å². The minimum absolute atomic E-state index is 0.0137. The Morgan fingerprint density at radius 2 is 2.05 bits per heavy atom. The molecule has 1 heterocycles. The smallest absolute Gasteiger partial charge is 0.266 e. The molecule has 2 aromatic rings. The van der Waals surface area contributed by atoms with Gasteiger partial charge in [-0.25, -0.2) is 5.43 Å². The van der Waals surface area contributed by atoms with Gasteiger partial charge in [0.15, 0.2) is 0 Å². The molecule has 0 aliphatic rings. The third-order valence-electron chi connectivity index (χ3n) is 2.23. The number of hydrogen-bond donors (Lipinski definition) is 1. The zero-order chi connectivity index (χ0) is 13.7. The number of nitro benzene ring substituents is 1. The number of rotatable bonds is 4. The molecule has 96 valence electrons. The van der Waals surface area contributed by atoms with Crippen molar-refractivity contribution in [2.45, 2.75) is 0 Å². The molecular formula is C12H9N3O3S. The van der Waals surface area contributed by atoms with Crippen molar-refractivity contribution in [3.8, 4) is 0 Å². The maximum Gasteiger partial charge on any atom is 0.281 e. The number of hydrogen-bond acceptors (Lipinski definition) is 5. The lowest BCUT2D eigenvalue weighted by molar-refractivity contribution is -0.384. The number of non-ortho nitro benzene ring substituents is 1. The van der Waals surface area contributed by atoms with E-state index in [1.807, 2.05) is 0 Å². The number of carbonyl (C=O) groups is 1. The molecule has 1 amide bonds. The lowest BCUT2D eigenvalue weighted by Crippen LogP contribution is -2.16. The van der Waals surface area contributed by atoms with Crippen LogP contribution in [0.25, 0.3) is 0 Å². The lowest BCUT2D eigenvalue weighted by Gasteiger charge is -1.96. The van der Waals surface area contributed by atoms with Crippen LogP contribution in [0.3, 0.4) is 0 Å². The molecule has 1 aromatic carbocycles. The molecule has 0 saturated heterocycles. The van der Waals surface area contributed by atoms with Gasteiger partial charge < -0.3 is 0 Å². The number of hydrazone groups is 1. The fraction of sp³-hybridized carbons (Fsp3) is 0. The molecule has 0 spiro atoms. The van der Waals surface area contributed by atoms with Crippen molar-refractivity contribution in [2.75, 3.05) is 0 Å². The molecule has 0 atom stereocenters. The number of nitro groups is 1. The molecule has 6 nitrogen and oxygen atoms in total. The molecule has 0 aliphatic heterocycles. The highest BCUT2D eigenvalue weighted by Crippen LogP contribution is 2.10. The van der Waals surface area contributed by atoms with Crippen LogP contribution in [0.2, 0.25) is 0 Å². The van der Waals surface area contributed by atoms with Crippen LogP contribution in [0.1, 0.15) is 15.2 Å². The fourth-order valence-electron chi connectivity index (χ4n) is 1.31. The van der Waals surface area contributed by atoms with Gasteiger partial charge in [-0.05, 0) is 29.1 Å². The molecule has 7 heteroatoms. The maximum absolute atomic E-state index is 11.5. The van der Waals surface area contributed by atoms with E-state index in [-0.39, 0.29) is 11.6 Å². The van der Waals surface area contributed by atoms with Crippen molar-refractivity contribution in [1.82, 2.24) is 5.43 Å². The topological polar surface area (TPSA) is 84.6 Å². The Morgan fingerprint density at radius 3 is 2.63 bits per heavy atom. The standard InChI is InChI=1S/C12H9N3O3S/c16-12(11-2-1-7-19-11)14-13-8-9-3-5-10(6-4-9)15(17)18/h1-8H,(H,14,16)/b13-8-. The first-order valence-corrected chi connectivity index (χ1v) is 6.16. The molecule has 1 aromatic heterocycles. The Morgan fingerprint density at radius 1 is 1.32 bits per heavy atom. The summed E-state index contributed by atoms with van der Waals surface area (Å²) in [5.41, 5.74) is 3.06. The number of nitrogens with zero attached hydrogens (tertiary/aromatic N) is 2. The van der Waals surface area contributed by atoms with E-state index in [0.29, 0.717) is 10.4 Å². The van der Waals surface area contributed by atoms with Gasteiger partial charge in [0.05, 0.1) is 16.0 Å². The van der Waals surface area contributed by atoms with Crippen molar-refractivity contribution in [1.29, 1.82) is 0 Å². The van der Waals surface area contributed by atoms with Gasteiger partial charge >= 0.3 is 0 Å². The largest absolute Gasteiger partial charge is 0.281 e. The van der Waals surface area contributed by atoms with Crippen LogP contribution in [-0.4, -0.2) is 17.0 Å². The van der Waals surface area contributed by atoms with E-state index in [0.717, 1.165) is 0 Å². The van der Waals surface area contributed by atoms with Crippen molar-refractivity contribution in [2.24, 2.45) is 5.10 Å². The number of nitrogens with one attached hydrogen (secondary N) is 1. The third kappa shape index (κ3) is 3.46. The Bertz CT molecular complexity index is 606. The SMILES string of the molecule is O=C(N/N=C\c1ccc([N+](=O)[O-])cc1)c1cccs1. The summed E-state index contributed by atoms with van der Waals surface area (Å²) in [5, 5.41) is 16.0. The highest BCUT2D eigenvalue weighted by molar-refractivity contribution is 7.12. The first-order chi connectivity index (χ1) is 9.16. The second-order valence-electron chi connectivity index (χ2n) is 3.53. The number of thiophene rings is 1. The van der Waals surface area contributed by atoms with Crippen molar-refractivity contribution < 1.29 is 9.72 Å². The molecular weight excluding hydrogens is 266 g/mol. The van der Waals surface area contributed by atoms with Gasteiger partial charge in [-0.1, -0.05) is 6.07 Å². The first-order valence-electron chi connectivity index (χ1n) is 5.28. The predicted molar refractivity (Wildman–Crippen MR) is 72.5 cm³/mol. The number of amides is 1. The van der Waals surface area contributed by atoms with Gasteiger partial charge in [0.1, 0.15) is 0 Å². The van der Waals surface area contributed by atoms with Crippen LogP contribution in [-0.2, 0) is 0 Å². The summed E-state index contributed by atoms with van der Waals surface area (Å²) in [5.74, 6) is -0.284. The van der Waals surface area contributed by atoms with Crippen molar-refractivity contribution >= 4 is 29.1 Å². The monoisotopic (exact) mass is 275 g/mol. The molecule has 0 unspecified atom stereocenters. The van der Waals surface area contributed by atoms with E-state index >= 15 is 0 Å². The molecule has 0 saturated carbocycles. The zero-order valence-corrected chi connectivity index (χ0v) is 10.5. The molecule has 1 N–H and O–H groups in total. The highest BCUT2D eigenvalue weighted by Gasteiger charge is 2.04.